The number of amides is 2. The van der Waals surface area contributed by atoms with Crippen molar-refractivity contribution in [3.63, 3.8) is 0 Å². The molecule has 1 aromatic carbocycles. The molecule has 1 unspecified atom stereocenters. The van der Waals surface area contributed by atoms with Gasteiger partial charge in [-0.15, -0.1) is 4.72 Å². The Balaban J connectivity index is 1.55. The smallest absolute Gasteiger partial charge is 0.408 e. The van der Waals surface area contributed by atoms with E-state index in [-0.39, 0.29) is 24.6 Å². The second-order valence-corrected chi connectivity index (χ2v) is 13.3. The second kappa shape index (κ2) is 11.8. The van der Waals surface area contributed by atoms with Gasteiger partial charge in [0.25, 0.3) is 0 Å². The molecule has 39 heavy (non-hydrogen) atoms. The fraction of sp³-hybridized carbons (Fsp3) is 0.536. The van der Waals surface area contributed by atoms with Crippen molar-refractivity contribution in [1.29, 1.82) is 0 Å². The number of rotatable bonds is 10. The van der Waals surface area contributed by atoms with Crippen molar-refractivity contribution >= 4 is 29.0 Å². The van der Waals surface area contributed by atoms with Crippen LogP contribution in [-0.2, 0) is 32.9 Å². The number of carbonyl (C=O) groups is 2. The molecule has 3 N–H and O–H groups in total. The van der Waals surface area contributed by atoms with E-state index >= 15 is 0 Å². The van der Waals surface area contributed by atoms with Crippen LogP contribution in [0, 0.1) is 11.7 Å². The number of ether oxygens (including phenoxy) is 1. The Kier molecular flexibility index (Phi) is 8.85. The number of hydrogen-bond acceptors (Lipinski definition) is 6. The normalized spacial score (nSPS) is 21.8. The molecule has 4 rings (SSSR count). The molecule has 2 aromatic rings. The summed E-state index contributed by atoms with van der Waals surface area (Å²) >= 11 is -1.34. The van der Waals surface area contributed by atoms with Crippen molar-refractivity contribution in [3.8, 4) is 0 Å². The maximum atomic E-state index is 14.8. The SMILES string of the molecule is CO[C@@H]1C[C@H](C(=O)Nc2cc(CC[C@@](N[S+]([O-])C(C)(C)C)(c3ccccn3)C3CC3)ccc2F)N(C(=O)O)C1. The van der Waals surface area contributed by atoms with Crippen LogP contribution in [0.15, 0.2) is 42.6 Å². The largest absolute Gasteiger partial charge is 0.598 e. The van der Waals surface area contributed by atoms with Gasteiger partial charge in [-0.3, -0.25) is 14.7 Å². The number of nitrogens with one attached hydrogen (secondary N) is 2. The summed E-state index contributed by atoms with van der Waals surface area (Å²) in [6, 6.07) is 9.29. The summed E-state index contributed by atoms with van der Waals surface area (Å²) < 4.78 is 36.2. The molecule has 2 fully saturated rings. The van der Waals surface area contributed by atoms with E-state index in [0.717, 1.165) is 29.0 Å². The quantitative estimate of drug-likeness (QED) is 0.372. The Morgan fingerprint density at radius 2 is 2.00 bits per heavy atom. The number of hydrogen-bond donors (Lipinski definition) is 3. The lowest BCUT2D eigenvalue weighted by Crippen LogP contribution is -2.53. The molecular formula is C28H37FN4O5S. The monoisotopic (exact) mass is 560 g/mol. The van der Waals surface area contributed by atoms with Crippen LogP contribution in [-0.4, -0.2) is 62.1 Å². The van der Waals surface area contributed by atoms with E-state index in [1.165, 1.54) is 13.2 Å². The zero-order valence-electron chi connectivity index (χ0n) is 22.8. The molecule has 0 spiro atoms. The minimum absolute atomic E-state index is 0.00945. The standard InChI is InChI=1S/C28H37FN4O5S/c1-27(2,3)39(37)32-28(19-9-10-19,24-7-5-6-14-30-24)13-12-18-8-11-21(29)22(15-18)31-25(34)23-16-20(38-4)17-33(23)26(35)36/h5-8,11,14-15,19-20,23,32H,9-10,12-13,16-17H2,1-4H3,(H,31,34)(H,35,36)/t20-,23-,28+,39?/m1/s1. The zero-order valence-corrected chi connectivity index (χ0v) is 23.6. The summed E-state index contributed by atoms with van der Waals surface area (Å²) in [6.07, 6.45) is 3.36. The van der Waals surface area contributed by atoms with Gasteiger partial charge in [0.1, 0.15) is 22.1 Å². The maximum Gasteiger partial charge on any atom is 0.408 e. The van der Waals surface area contributed by atoms with Crippen LogP contribution < -0.4 is 10.0 Å². The van der Waals surface area contributed by atoms with Crippen LogP contribution in [0.1, 0.15) is 57.7 Å². The molecule has 2 amide bonds. The number of aryl methyl sites for hydroxylation is 1. The molecule has 1 aromatic heterocycles. The highest BCUT2D eigenvalue weighted by molar-refractivity contribution is 7.90. The Bertz CT molecular complexity index is 1180. The molecule has 0 radical (unpaired) electrons. The van der Waals surface area contributed by atoms with E-state index in [2.05, 4.69) is 15.0 Å². The number of benzene rings is 1. The van der Waals surface area contributed by atoms with E-state index in [4.69, 9.17) is 4.74 Å². The number of nitrogens with zero attached hydrogens (tertiary/aromatic N) is 2. The number of carbonyl (C=O) groups excluding carboxylic acids is 1. The third kappa shape index (κ3) is 6.71. The highest BCUT2D eigenvalue weighted by atomic mass is 32.2. The fourth-order valence-electron chi connectivity index (χ4n) is 5.06. The predicted molar refractivity (Wildman–Crippen MR) is 147 cm³/mol. The predicted octanol–water partition coefficient (Wildman–Crippen LogP) is 4.22. The topological polar surface area (TPSA) is 127 Å². The minimum Gasteiger partial charge on any atom is -0.598 e. The van der Waals surface area contributed by atoms with Gasteiger partial charge >= 0.3 is 6.09 Å². The average Bonchev–Trinajstić information content (AvgIpc) is 3.66. The first-order valence-corrected chi connectivity index (χ1v) is 14.3. The van der Waals surface area contributed by atoms with E-state index < -0.39 is 51.6 Å². The third-order valence-electron chi connectivity index (χ3n) is 7.47. The summed E-state index contributed by atoms with van der Waals surface area (Å²) in [5.74, 6) is -0.951. The van der Waals surface area contributed by atoms with Crippen molar-refractivity contribution in [2.45, 2.75) is 75.3 Å². The molecule has 11 heteroatoms. The Labute approximate surface area is 231 Å². The first-order chi connectivity index (χ1) is 18.4. The first kappa shape index (κ1) is 29.3. The Hall–Kier alpha value is -2.73. The second-order valence-electron chi connectivity index (χ2n) is 11.3. The molecule has 4 atom stereocenters. The molecule has 2 heterocycles. The third-order valence-corrected chi connectivity index (χ3v) is 9.13. The molecule has 1 saturated heterocycles. The lowest BCUT2D eigenvalue weighted by atomic mass is 9.84. The van der Waals surface area contributed by atoms with Crippen LogP contribution in [0.25, 0.3) is 0 Å². The number of methoxy groups -OCH3 is 1. The molecule has 1 aliphatic heterocycles. The molecule has 0 bridgehead atoms. The molecule has 212 valence electrons. The van der Waals surface area contributed by atoms with Crippen LogP contribution in [0.2, 0.25) is 0 Å². The molecule has 9 nitrogen and oxygen atoms in total. The van der Waals surface area contributed by atoms with Crippen LogP contribution in [0.5, 0.6) is 0 Å². The first-order valence-electron chi connectivity index (χ1n) is 13.2. The lowest BCUT2D eigenvalue weighted by molar-refractivity contribution is -0.120. The van der Waals surface area contributed by atoms with Gasteiger partial charge in [0.05, 0.1) is 24.0 Å². The van der Waals surface area contributed by atoms with Crippen LogP contribution in [0.3, 0.4) is 0 Å². The van der Waals surface area contributed by atoms with Gasteiger partial charge in [0.2, 0.25) is 5.91 Å². The number of halogens is 1. The van der Waals surface area contributed by atoms with Gasteiger partial charge in [0.15, 0.2) is 0 Å². The number of pyridine rings is 1. The van der Waals surface area contributed by atoms with Crippen molar-refractivity contribution < 1.29 is 28.4 Å². The summed E-state index contributed by atoms with van der Waals surface area (Å²) in [4.78, 5) is 30.3. The summed E-state index contributed by atoms with van der Waals surface area (Å²) in [5.41, 5.74) is 0.971. The number of likely N-dealkylation sites (tertiary alicyclic amines) is 1. The van der Waals surface area contributed by atoms with Gasteiger partial charge in [-0.1, -0.05) is 12.1 Å². The lowest BCUT2D eigenvalue weighted by Gasteiger charge is -2.37. The Morgan fingerprint density at radius 3 is 2.59 bits per heavy atom. The molecular weight excluding hydrogens is 523 g/mol. The summed E-state index contributed by atoms with van der Waals surface area (Å²) in [5, 5.41) is 12.1. The van der Waals surface area contributed by atoms with Gasteiger partial charge < -0.3 is 19.7 Å². The van der Waals surface area contributed by atoms with Crippen LogP contribution in [0.4, 0.5) is 14.9 Å². The summed E-state index contributed by atoms with van der Waals surface area (Å²) in [6.45, 7) is 5.84. The zero-order chi connectivity index (χ0) is 28.4. The highest BCUT2D eigenvalue weighted by Gasteiger charge is 2.51. The van der Waals surface area contributed by atoms with E-state index in [0.29, 0.717) is 12.8 Å². The molecule has 2 aliphatic rings. The van der Waals surface area contributed by atoms with Gasteiger partial charge in [-0.25, -0.2) is 9.18 Å². The van der Waals surface area contributed by atoms with Crippen LogP contribution >= 0.6 is 0 Å². The average molecular weight is 561 g/mol. The number of anilines is 1. The summed E-state index contributed by atoms with van der Waals surface area (Å²) in [7, 11) is 1.46. The highest BCUT2D eigenvalue weighted by Crippen LogP contribution is 2.48. The fourth-order valence-corrected chi connectivity index (χ4v) is 6.07. The van der Waals surface area contributed by atoms with E-state index in [9.17, 15) is 23.6 Å². The number of carboxylic acid groups (broad SMARTS) is 1. The van der Waals surface area contributed by atoms with Gasteiger partial charge in [0, 0.05) is 31.1 Å². The van der Waals surface area contributed by atoms with Crippen molar-refractivity contribution in [3.05, 3.63) is 59.7 Å². The van der Waals surface area contributed by atoms with E-state index in [1.54, 1.807) is 18.3 Å². The van der Waals surface area contributed by atoms with Gasteiger partial charge in [-0.2, -0.15) is 0 Å². The van der Waals surface area contributed by atoms with E-state index in [1.807, 2.05) is 39.0 Å². The minimum atomic E-state index is -1.34. The Morgan fingerprint density at radius 1 is 1.26 bits per heavy atom. The van der Waals surface area contributed by atoms with Gasteiger partial charge in [-0.05, 0) is 82.2 Å². The molecule has 1 saturated carbocycles. The van der Waals surface area contributed by atoms with Crippen molar-refractivity contribution in [2.24, 2.45) is 5.92 Å². The molecule has 1 aliphatic carbocycles. The van der Waals surface area contributed by atoms with Crippen molar-refractivity contribution in [2.75, 3.05) is 19.0 Å². The number of aromatic nitrogens is 1. The maximum absolute atomic E-state index is 14.8. The van der Waals surface area contributed by atoms with Crippen molar-refractivity contribution in [1.82, 2.24) is 14.6 Å².